The standard InChI is InChI=1S/C19H16FNO3/c1-2-11-23-14-9-7-13(8-10-14)12-17-19(22)24-18(21-17)15-5-3-4-6-16(15)20/h3-10,12H,2,11H2,1H3/b17-12+. The topological polar surface area (TPSA) is 47.9 Å². The highest BCUT2D eigenvalue weighted by Crippen LogP contribution is 2.21. The van der Waals surface area contributed by atoms with Gasteiger partial charge in [-0.1, -0.05) is 31.2 Å². The molecule has 1 heterocycles. The van der Waals surface area contributed by atoms with Crippen LogP contribution in [-0.4, -0.2) is 18.5 Å². The van der Waals surface area contributed by atoms with Crippen molar-refractivity contribution >= 4 is 17.9 Å². The molecule has 0 aromatic heterocycles. The number of cyclic esters (lactones) is 1. The Bertz CT molecular complexity index is 810. The van der Waals surface area contributed by atoms with Gasteiger partial charge in [0.15, 0.2) is 5.70 Å². The number of hydrogen-bond acceptors (Lipinski definition) is 4. The second kappa shape index (κ2) is 7.08. The molecule has 1 aliphatic rings. The molecule has 3 rings (SSSR count). The van der Waals surface area contributed by atoms with Gasteiger partial charge in [-0.25, -0.2) is 14.2 Å². The number of hydrogen-bond donors (Lipinski definition) is 0. The Morgan fingerprint density at radius 1 is 1.17 bits per heavy atom. The Morgan fingerprint density at radius 2 is 1.92 bits per heavy atom. The molecule has 0 amide bonds. The van der Waals surface area contributed by atoms with Gasteiger partial charge in [-0.15, -0.1) is 0 Å². The number of carbonyl (C=O) groups is 1. The Labute approximate surface area is 139 Å². The van der Waals surface area contributed by atoms with Crippen LogP contribution in [0.1, 0.15) is 24.5 Å². The fraction of sp³-hybridized carbons (Fsp3) is 0.158. The Balaban J connectivity index is 1.82. The van der Waals surface area contributed by atoms with E-state index >= 15 is 0 Å². The number of carbonyl (C=O) groups excluding carboxylic acids is 1. The van der Waals surface area contributed by atoms with Gasteiger partial charge in [0.1, 0.15) is 11.6 Å². The third-order valence-electron chi connectivity index (χ3n) is 3.38. The van der Waals surface area contributed by atoms with Gasteiger partial charge >= 0.3 is 5.97 Å². The number of halogens is 1. The van der Waals surface area contributed by atoms with Crippen molar-refractivity contribution in [3.63, 3.8) is 0 Å². The Hall–Kier alpha value is -2.95. The summed E-state index contributed by atoms with van der Waals surface area (Å²) in [5, 5.41) is 0. The lowest BCUT2D eigenvalue weighted by atomic mass is 10.2. The van der Waals surface area contributed by atoms with Crippen LogP contribution < -0.4 is 4.74 Å². The van der Waals surface area contributed by atoms with E-state index in [1.54, 1.807) is 18.2 Å². The maximum Gasteiger partial charge on any atom is 0.363 e. The molecule has 5 heteroatoms. The highest BCUT2D eigenvalue weighted by molar-refractivity contribution is 6.12. The molecule has 2 aromatic carbocycles. The van der Waals surface area contributed by atoms with Gasteiger partial charge in [-0.3, -0.25) is 0 Å². The molecular formula is C19H16FNO3. The van der Waals surface area contributed by atoms with Crippen molar-refractivity contribution in [3.8, 4) is 5.75 Å². The molecule has 122 valence electrons. The molecule has 24 heavy (non-hydrogen) atoms. The number of esters is 1. The van der Waals surface area contributed by atoms with Gasteiger partial charge in [0.2, 0.25) is 5.90 Å². The van der Waals surface area contributed by atoms with E-state index in [0.29, 0.717) is 6.61 Å². The zero-order chi connectivity index (χ0) is 16.9. The van der Waals surface area contributed by atoms with E-state index in [1.807, 2.05) is 31.2 Å². The van der Waals surface area contributed by atoms with Gasteiger partial charge in [0.05, 0.1) is 12.2 Å². The van der Waals surface area contributed by atoms with Crippen LogP contribution in [0.3, 0.4) is 0 Å². The third-order valence-corrected chi connectivity index (χ3v) is 3.38. The fourth-order valence-electron chi connectivity index (χ4n) is 2.20. The SMILES string of the molecule is CCCOc1ccc(/C=C2/N=C(c3ccccc3F)OC2=O)cc1. The second-order valence-electron chi connectivity index (χ2n) is 5.23. The molecule has 0 saturated heterocycles. The average Bonchev–Trinajstić information content (AvgIpc) is 2.95. The summed E-state index contributed by atoms with van der Waals surface area (Å²) in [5.74, 6) is -0.335. The normalized spacial score (nSPS) is 15.3. The predicted octanol–water partition coefficient (Wildman–Crippen LogP) is 3.96. The van der Waals surface area contributed by atoms with Gasteiger partial charge in [0, 0.05) is 0 Å². The first-order valence-electron chi connectivity index (χ1n) is 7.67. The first-order valence-corrected chi connectivity index (χ1v) is 7.67. The summed E-state index contributed by atoms with van der Waals surface area (Å²) in [7, 11) is 0. The van der Waals surface area contributed by atoms with Gasteiger partial charge in [-0.05, 0) is 42.3 Å². The maximum absolute atomic E-state index is 13.8. The minimum Gasteiger partial charge on any atom is -0.494 e. The number of benzene rings is 2. The summed E-state index contributed by atoms with van der Waals surface area (Å²) in [4.78, 5) is 16.0. The molecule has 0 fully saturated rings. The van der Waals surface area contributed by atoms with E-state index < -0.39 is 11.8 Å². The van der Waals surface area contributed by atoms with Crippen LogP contribution >= 0.6 is 0 Å². The molecule has 0 bridgehead atoms. The smallest absolute Gasteiger partial charge is 0.363 e. The molecule has 1 aliphatic heterocycles. The molecule has 0 saturated carbocycles. The van der Waals surface area contributed by atoms with E-state index in [1.165, 1.54) is 12.1 Å². The zero-order valence-corrected chi connectivity index (χ0v) is 13.2. The van der Waals surface area contributed by atoms with Crippen molar-refractivity contribution in [1.82, 2.24) is 0 Å². The minimum absolute atomic E-state index is 0.0211. The number of nitrogens with zero attached hydrogens (tertiary/aromatic N) is 1. The number of aliphatic imine (C=N–C) groups is 1. The van der Waals surface area contributed by atoms with E-state index in [9.17, 15) is 9.18 Å². The Morgan fingerprint density at radius 3 is 2.62 bits per heavy atom. The van der Waals surface area contributed by atoms with Crippen LogP contribution in [0.5, 0.6) is 5.75 Å². The van der Waals surface area contributed by atoms with E-state index in [-0.39, 0.29) is 17.2 Å². The van der Waals surface area contributed by atoms with E-state index in [2.05, 4.69) is 4.99 Å². The average molecular weight is 325 g/mol. The minimum atomic E-state index is -0.598. The lowest BCUT2D eigenvalue weighted by molar-refractivity contribution is -0.129. The lowest BCUT2D eigenvalue weighted by Crippen LogP contribution is -2.07. The summed E-state index contributed by atoms with van der Waals surface area (Å²) in [6, 6.07) is 13.3. The highest BCUT2D eigenvalue weighted by Gasteiger charge is 2.25. The molecule has 0 atom stereocenters. The van der Waals surface area contributed by atoms with Crippen molar-refractivity contribution in [1.29, 1.82) is 0 Å². The van der Waals surface area contributed by atoms with Crippen molar-refractivity contribution in [3.05, 3.63) is 71.2 Å². The molecule has 0 radical (unpaired) electrons. The van der Waals surface area contributed by atoms with Gasteiger partial charge < -0.3 is 9.47 Å². The quantitative estimate of drug-likeness (QED) is 0.617. The third kappa shape index (κ3) is 3.51. The largest absolute Gasteiger partial charge is 0.494 e. The van der Waals surface area contributed by atoms with Crippen molar-refractivity contribution < 1.29 is 18.7 Å². The van der Waals surface area contributed by atoms with Crippen LogP contribution in [-0.2, 0) is 9.53 Å². The lowest BCUT2D eigenvalue weighted by Gasteiger charge is -2.04. The summed E-state index contributed by atoms with van der Waals surface area (Å²) >= 11 is 0. The molecule has 4 nitrogen and oxygen atoms in total. The molecular weight excluding hydrogens is 309 g/mol. The maximum atomic E-state index is 13.8. The Kier molecular flexibility index (Phi) is 4.70. The zero-order valence-electron chi connectivity index (χ0n) is 13.2. The van der Waals surface area contributed by atoms with Crippen LogP contribution in [0, 0.1) is 5.82 Å². The first-order chi connectivity index (χ1) is 11.7. The molecule has 2 aromatic rings. The molecule has 0 unspecified atom stereocenters. The van der Waals surface area contributed by atoms with Crippen LogP contribution in [0.25, 0.3) is 6.08 Å². The molecule has 0 aliphatic carbocycles. The van der Waals surface area contributed by atoms with Crippen LogP contribution in [0.4, 0.5) is 4.39 Å². The summed E-state index contributed by atoms with van der Waals surface area (Å²) in [6.07, 6.45) is 2.53. The fourth-order valence-corrected chi connectivity index (χ4v) is 2.20. The number of rotatable bonds is 5. The van der Waals surface area contributed by atoms with Crippen molar-refractivity contribution in [2.24, 2.45) is 4.99 Å². The first kappa shape index (κ1) is 15.9. The second-order valence-corrected chi connectivity index (χ2v) is 5.23. The monoisotopic (exact) mass is 325 g/mol. The molecule has 0 spiro atoms. The van der Waals surface area contributed by atoms with E-state index in [4.69, 9.17) is 9.47 Å². The van der Waals surface area contributed by atoms with Crippen LogP contribution in [0.15, 0.2) is 59.2 Å². The van der Waals surface area contributed by atoms with Gasteiger partial charge in [0.25, 0.3) is 0 Å². The highest BCUT2D eigenvalue weighted by atomic mass is 19.1. The number of ether oxygens (including phenoxy) is 2. The van der Waals surface area contributed by atoms with Crippen LogP contribution in [0.2, 0.25) is 0 Å². The summed E-state index contributed by atoms with van der Waals surface area (Å²) in [5.41, 5.74) is 1.08. The van der Waals surface area contributed by atoms with Crippen molar-refractivity contribution in [2.75, 3.05) is 6.61 Å². The van der Waals surface area contributed by atoms with Crippen molar-refractivity contribution in [2.45, 2.75) is 13.3 Å². The summed E-state index contributed by atoms with van der Waals surface area (Å²) < 4.78 is 24.3. The summed E-state index contributed by atoms with van der Waals surface area (Å²) in [6.45, 7) is 2.69. The van der Waals surface area contributed by atoms with E-state index in [0.717, 1.165) is 17.7 Å². The molecule has 0 N–H and O–H groups in total. The van der Waals surface area contributed by atoms with Gasteiger partial charge in [-0.2, -0.15) is 0 Å². The predicted molar refractivity (Wildman–Crippen MR) is 89.2 cm³/mol.